The highest BCUT2D eigenvalue weighted by molar-refractivity contribution is 6.63. The Kier molecular flexibility index (Phi) is 3.23. The highest BCUT2D eigenvalue weighted by Gasteiger charge is 2.25. The molecule has 1 N–H and O–H groups in total. The summed E-state index contributed by atoms with van der Waals surface area (Å²) in [5.74, 6) is 0. The van der Waals surface area contributed by atoms with Crippen molar-refractivity contribution in [3.63, 3.8) is 0 Å². The van der Waals surface area contributed by atoms with Crippen molar-refractivity contribution in [3.8, 4) is 0 Å². The lowest BCUT2D eigenvalue weighted by atomic mass is 10.1. The van der Waals surface area contributed by atoms with Gasteiger partial charge in [0.1, 0.15) is 0 Å². The summed E-state index contributed by atoms with van der Waals surface area (Å²) in [5.41, 5.74) is 1.14. The molecule has 1 saturated heterocycles. The van der Waals surface area contributed by atoms with Crippen LogP contribution in [-0.2, 0) is 4.74 Å². The Morgan fingerprint density at radius 2 is 2.13 bits per heavy atom. The van der Waals surface area contributed by atoms with Gasteiger partial charge in [0, 0.05) is 6.54 Å². The van der Waals surface area contributed by atoms with Crippen LogP contribution in [0, 0.1) is 5.41 Å². The van der Waals surface area contributed by atoms with E-state index in [1.54, 1.807) is 0 Å². The number of amidine groups is 1. The topological polar surface area (TPSA) is 36.3 Å². The lowest BCUT2D eigenvalue weighted by molar-refractivity contribution is 0.0268. The lowest BCUT2D eigenvalue weighted by Gasteiger charge is -2.35. The molecule has 1 fully saturated rings. The fraction of sp³-hybridized carbons (Fsp3) is 0.364. The molecular weight excluding hydrogens is 212 g/mol. The second-order valence-electron chi connectivity index (χ2n) is 3.49. The molecule has 1 aliphatic heterocycles. The van der Waals surface area contributed by atoms with Gasteiger partial charge in [-0.2, -0.15) is 0 Å². The van der Waals surface area contributed by atoms with E-state index >= 15 is 0 Å². The molecule has 0 aromatic heterocycles. The fourth-order valence-corrected chi connectivity index (χ4v) is 1.99. The third-order valence-corrected chi connectivity index (χ3v) is 2.78. The second-order valence-corrected chi connectivity index (χ2v) is 3.84. The Morgan fingerprint density at radius 1 is 1.40 bits per heavy atom. The summed E-state index contributed by atoms with van der Waals surface area (Å²) in [7, 11) is 0. The molecule has 3 nitrogen and oxygen atoms in total. The number of nitrogens with zero attached hydrogens (tertiary/aromatic N) is 1. The second kappa shape index (κ2) is 4.64. The summed E-state index contributed by atoms with van der Waals surface area (Å²) in [6.45, 7) is 1.92. The number of nitrogens with one attached hydrogen (secondary N) is 1. The molecule has 1 atom stereocenters. The molecule has 4 heteroatoms. The maximum Gasteiger partial charge on any atom is 0.191 e. The van der Waals surface area contributed by atoms with Crippen molar-refractivity contribution in [2.24, 2.45) is 0 Å². The Morgan fingerprint density at radius 3 is 2.80 bits per heavy atom. The normalized spacial score (nSPS) is 21.4. The quantitative estimate of drug-likeness (QED) is 0.451. The van der Waals surface area contributed by atoms with Crippen LogP contribution in [-0.4, -0.2) is 30.0 Å². The van der Waals surface area contributed by atoms with Gasteiger partial charge in [0.15, 0.2) is 5.29 Å². The predicted molar refractivity (Wildman–Crippen MR) is 60.3 cm³/mol. The summed E-state index contributed by atoms with van der Waals surface area (Å²) in [6.07, 6.45) is 0. The van der Waals surface area contributed by atoms with Crippen LogP contribution in [0.1, 0.15) is 11.6 Å². The molecule has 1 aliphatic rings. The molecule has 0 saturated carbocycles. The van der Waals surface area contributed by atoms with Gasteiger partial charge in [-0.1, -0.05) is 30.3 Å². The molecular formula is C11H13ClN2O. The molecule has 0 spiro atoms. The number of benzene rings is 1. The van der Waals surface area contributed by atoms with Crippen LogP contribution in [0.15, 0.2) is 30.3 Å². The van der Waals surface area contributed by atoms with E-state index in [4.69, 9.17) is 21.7 Å². The molecule has 0 amide bonds. The third kappa shape index (κ3) is 2.30. The summed E-state index contributed by atoms with van der Waals surface area (Å²) in [6, 6.07) is 10.1. The number of hydrogen-bond donors (Lipinski definition) is 1. The Balaban J connectivity index is 2.22. The predicted octanol–water partition coefficient (Wildman–Crippen LogP) is 2.23. The first-order valence-electron chi connectivity index (χ1n) is 4.92. The largest absolute Gasteiger partial charge is 0.377 e. The van der Waals surface area contributed by atoms with Crippen LogP contribution in [0.2, 0.25) is 0 Å². The Labute approximate surface area is 94.1 Å². The van der Waals surface area contributed by atoms with Crippen LogP contribution in [0.4, 0.5) is 0 Å². The van der Waals surface area contributed by atoms with Crippen LogP contribution in [0.3, 0.4) is 0 Å². The monoisotopic (exact) mass is 224 g/mol. The maximum atomic E-state index is 7.50. The van der Waals surface area contributed by atoms with E-state index in [0.29, 0.717) is 19.8 Å². The van der Waals surface area contributed by atoms with Crippen LogP contribution in [0.25, 0.3) is 0 Å². The van der Waals surface area contributed by atoms with Gasteiger partial charge in [-0.25, -0.2) is 0 Å². The minimum atomic E-state index is 0.0740. The zero-order valence-corrected chi connectivity index (χ0v) is 9.07. The summed E-state index contributed by atoms with van der Waals surface area (Å²) >= 11 is 5.75. The lowest BCUT2D eigenvalue weighted by Crippen LogP contribution is -2.41. The molecule has 0 radical (unpaired) electrons. The van der Waals surface area contributed by atoms with Crippen molar-refractivity contribution in [1.82, 2.24) is 4.90 Å². The number of ether oxygens (including phenoxy) is 1. The number of morpholine rings is 1. The number of rotatable bonds is 1. The van der Waals surface area contributed by atoms with Gasteiger partial charge >= 0.3 is 0 Å². The van der Waals surface area contributed by atoms with Crippen LogP contribution in [0.5, 0.6) is 0 Å². The fourth-order valence-electron chi connectivity index (χ4n) is 1.79. The van der Waals surface area contributed by atoms with E-state index in [2.05, 4.69) is 0 Å². The molecule has 1 aromatic rings. The van der Waals surface area contributed by atoms with Gasteiger partial charge in [-0.15, -0.1) is 0 Å². The Bertz CT molecular complexity index is 342. The highest BCUT2D eigenvalue weighted by Crippen LogP contribution is 2.24. The van der Waals surface area contributed by atoms with Crippen molar-refractivity contribution >= 4 is 16.9 Å². The van der Waals surface area contributed by atoms with Gasteiger partial charge in [0.2, 0.25) is 0 Å². The molecule has 15 heavy (non-hydrogen) atoms. The molecule has 1 unspecified atom stereocenters. The first-order valence-corrected chi connectivity index (χ1v) is 5.30. The van der Waals surface area contributed by atoms with Crippen LogP contribution < -0.4 is 0 Å². The van der Waals surface area contributed by atoms with Gasteiger partial charge in [0.05, 0.1) is 19.3 Å². The van der Waals surface area contributed by atoms with E-state index in [1.807, 2.05) is 35.2 Å². The molecule has 1 aromatic carbocycles. The van der Waals surface area contributed by atoms with E-state index < -0.39 is 0 Å². The third-order valence-electron chi connectivity index (χ3n) is 2.56. The van der Waals surface area contributed by atoms with Crippen molar-refractivity contribution in [3.05, 3.63) is 35.9 Å². The summed E-state index contributed by atoms with van der Waals surface area (Å²) in [4.78, 5) is 1.86. The number of halogens is 1. The first kappa shape index (κ1) is 10.5. The maximum absolute atomic E-state index is 7.50. The van der Waals surface area contributed by atoms with Crippen molar-refractivity contribution in [2.75, 3.05) is 19.8 Å². The van der Waals surface area contributed by atoms with Crippen LogP contribution >= 0.6 is 11.6 Å². The Hall–Kier alpha value is -1.06. The standard InChI is InChI=1S/C11H13ClN2O/c12-11(13)14-6-7-15-8-10(14)9-4-2-1-3-5-9/h1-5,10,13H,6-8H2. The smallest absolute Gasteiger partial charge is 0.191 e. The average molecular weight is 225 g/mol. The van der Waals surface area contributed by atoms with Gasteiger partial charge in [-0.05, 0) is 17.2 Å². The van der Waals surface area contributed by atoms with Crippen molar-refractivity contribution < 1.29 is 4.74 Å². The van der Waals surface area contributed by atoms with Crippen molar-refractivity contribution in [2.45, 2.75) is 6.04 Å². The molecule has 2 rings (SSSR count). The number of hydrogen-bond acceptors (Lipinski definition) is 2. The van der Waals surface area contributed by atoms with Gasteiger partial charge in [0.25, 0.3) is 0 Å². The minimum Gasteiger partial charge on any atom is -0.377 e. The SMILES string of the molecule is N=C(Cl)N1CCOCC1c1ccccc1. The molecule has 80 valence electrons. The summed E-state index contributed by atoms with van der Waals surface area (Å²) in [5, 5.41) is 7.59. The van der Waals surface area contributed by atoms with E-state index in [1.165, 1.54) is 0 Å². The zero-order valence-electron chi connectivity index (χ0n) is 8.32. The van der Waals surface area contributed by atoms with E-state index in [-0.39, 0.29) is 11.3 Å². The molecule has 0 aliphatic carbocycles. The zero-order chi connectivity index (χ0) is 10.7. The van der Waals surface area contributed by atoms with Gasteiger partial charge in [-0.3, -0.25) is 5.41 Å². The first-order chi connectivity index (χ1) is 7.29. The average Bonchev–Trinajstić information content (AvgIpc) is 2.30. The van der Waals surface area contributed by atoms with E-state index in [0.717, 1.165) is 5.56 Å². The van der Waals surface area contributed by atoms with E-state index in [9.17, 15) is 0 Å². The molecule has 0 bridgehead atoms. The highest BCUT2D eigenvalue weighted by atomic mass is 35.5. The summed E-state index contributed by atoms with van der Waals surface area (Å²) < 4.78 is 5.42. The van der Waals surface area contributed by atoms with Crippen molar-refractivity contribution in [1.29, 1.82) is 5.41 Å². The van der Waals surface area contributed by atoms with Gasteiger partial charge < -0.3 is 9.64 Å². The molecule has 1 heterocycles. The minimum absolute atomic E-state index is 0.0740.